The number of carbonyl (C=O) groups excluding carboxylic acids is 2. The van der Waals surface area contributed by atoms with E-state index in [1.165, 1.54) is 103 Å². The highest BCUT2D eigenvalue weighted by Crippen LogP contribution is 2.17. The van der Waals surface area contributed by atoms with Gasteiger partial charge in [-0.15, -0.1) is 0 Å². The Balaban J connectivity index is 4.63. The minimum absolute atomic E-state index is 0.0678. The van der Waals surface area contributed by atoms with Crippen LogP contribution in [-0.4, -0.2) is 46.9 Å². The van der Waals surface area contributed by atoms with E-state index in [2.05, 4.69) is 50.4 Å². The van der Waals surface area contributed by atoms with Gasteiger partial charge in [-0.3, -0.25) is 9.59 Å². The first-order valence-electron chi connectivity index (χ1n) is 22.1. The SMILES string of the molecule is CCCCC/C=C/C=C/CCCCCCC(CC(=O)NC(CO)C(O)CCCCCCCCCCCC)OC(=O)CCCCCCCCCCC. The van der Waals surface area contributed by atoms with E-state index in [0.717, 1.165) is 77.0 Å². The summed E-state index contributed by atoms with van der Waals surface area (Å²) in [6.45, 7) is 6.40. The first kappa shape index (κ1) is 49.3. The van der Waals surface area contributed by atoms with Crippen LogP contribution < -0.4 is 5.32 Å². The molecule has 300 valence electrons. The average Bonchev–Trinajstić information content (AvgIpc) is 3.12. The van der Waals surface area contributed by atoms with Gasteiger partial charge >= 0.3 is 5.97 Å². The molecule has 0 aromatic carbocycles. The monoisotopic (exact) mass is 720 g/mol. The molecule has 0 saturated carbocycles. The van der Waals surface area contributed by atoms with Crippen molar-refractivity contribution >= 4 is 11.9 Å². The number of carbonyl (C=O) groups is 2. The lowest BCUT2D eigenvalue weighted by Crippen LogP contribution is -2.46. The molecule has 0 aliphatic rings. The lowest BCUT2D eigenvalue weighted by Gasteiger charge is -2.24. The quantitative estimate of drug-likeness (QED) is 0.0334. The molecule has 1 amide bonds. The zero-order valence-electron chi connectivity index (χ0n) is 34.0. The van der Waals surface area contributed by atoms with Gasteiger partial charge in [0, 0.05) is 6.42 Å². The van der Waals surface area contributed by atoms with Crippen molar-refractivity contribution in [3.05, 3.63) is 24.3 Å². The molecule has 0 aliphatic heterocycles. The molecule has 51 heavy (non-hydrogen) atoms. The van der Waals surface area contributed by atoms with E-state index < -0.39 is 18.2 Å². The second kappa shape index (κ2) is 39.5. The summed E-state index contributed by atoms with van der Waals surface area (Å²) in [5.74, 6) is -0.492. The molecular weight excluding hydrogens is 634 g/mol. The van der Waals surface area contributed by atoms with Crippen LogP contribution in [0.2, 0.25) is 0 Å². The maximum Gasteiger partial charge on any atom is 0.306 e. The third-order valence-electron chi connectivity index (χ3n) is 10.1. The van der Waals surface area contributed by atoms with Gasteiger partial charge in [-0.1, -0.05) is 186 Å². The Bertz CT molecular complexity index is 812. The number of ether oxygens (including phenoxy) is 1. The van der Waals surface area contributed by atoms with Gasteiger partial charge in [0.05, 0.1) is 25.2 Å². The standard InChI is InChI=1S/C45H85NO5/c1-4-7-10-13-16-19-21-22-23-25-27-30-33-36-41(51-45(50)38-35-32-29-24-18-15-12-9-6-3)39-44(49)46-42(40-47)43(48)37-34-31-28-26-20-17-14-11-8-5-2/h16,19,21-22,41-43,47-48H,4-15,17-18,20,23-40H2,1-3H3,(H,46,49)/b19-16+,22-21+. The van der Waals surface area contributed by atoms with Crippen molar-refractivity contribution in [3.8, 4) is 0 Å². The third kappa shape index (κ3) is 35.2. The van der Waals surface area contributed by atoms with Crippen LogP contribution in [0.4, 0.5) is 0 Å². The summed E-state index contributed by atoms with van der Waals surface area (Å²) in [4.78, 5) is 25.9. The van der Waals surface area contributed by atoms with Crippen LogP contribution >= 0.6 is 0 Å². The Labute approximate surface area is 316 Å². The Morgan fingerprint density at radius 1 is 0.569 bits per heavy atom. The second-order valence-corrected chi connectivity index (χ2v) is 15.1. The summed E-state index contributed by atoms with van der Waals surface area (Å²) in [7, 11) is 0. The fourth-order valence-electron chi connectivity index (χ4n) is 6.66. The number of unbranched alkanes of at least 4 members (excludes halogenated alkanes) is 24. The van der Waals surface area contributed by atoms with Crippen LogP contribution in [-0.2, 0) is 14.3 Å². The topological polar surface area (TPSA) is 95.9 Å². The number of aliphatic hydroxyl groups excluding tert-OH is 2. The number of rotatable bonds is 39. The minimum atomic E-state index is -0.786. The smallest absolute Gasteiger partial charge is 0.306 e. The van der Waals surface area contributed by atoms with Gasteiger partial charge < -0.3 is 20.3 Å². The van der Waals surface area contributed by atoms with E-state index in [1.807, 2.05) is 0 Å². The number of aliphatic hydroxyl groups is 2. The van der Waals surface area contributed by atoms with Gasteiger partial charge in [-0.05, 0) is 51.4 Å². The fourth-order valence-corrected chi connectivity index (χ4v) is 6.66. The highest BCUT2D eigenvalue weighted by Gasteiger charge is 2.24. The molecule has 0 heterocycles. The normalized spacial score (nSPS) is 13.6. The maximum absolute atomic E-state index is 13.1. The zero-order valence-corrected chi connectivity index (χ0v) is 34.0. The molecule has 6 heteroatoms. The summed E-state index contributed by atoms with van der Waals surface area (Å²) in [6, 6.07) is -0.700. The van der Waals surface area contributed by atoms with Crippen LogP contribution in [0.1, 0.15) is 226 Å². The lowest BCUT2D eigenvalue weighted by atomic mass is 10.0. The molecule has 3 unspecified atom stereocenters. The molecule has 0 aliphatic carbocycles. The van der Waals surface area contributed by atoms with E-state index >= 15 is 0 Å². The molecule has 0 fully saturated rings. The van der Waals surface area contributed by atoms with Crippen LogP contribution in [0.5, 0.6) is 0 Å². The number of allylic oxidation sites excluding steroid dienone is 4. The van der Waals surface area contributed by atoms with E-state index in [0.29, 0.717) is 19.3 Å². The highest BCUT2D eigenvalue weighted by atomic mass is 16.5. The average molecular weight is 720 g/mol. The molecule has 0 bridgehead atoms. The van der Waals surface area contributed by atoms with Gasteiger partial charge in [0.1, 0.15) is 6.10 Å². The van der Waals surface area contributed by atoms with Crippen molar-refractivity contribution in [2.45, 2.75) is 244 Å². The molecule has 0 rings (SSSR count). The Morgan fingerprint density at radius 3 is 1.49 bits per heavy atom. The summed E-state index contributed by atoms with van der Waals surface area (Å²) >= 11 is 0. The second-order valence-electron chi connectivity index (χ2n) is 15.1. The third-order valence-corrected chi connectivity index (χ3v) is 10.1. The van der Waals surface area contributed by atoms with Gasteiger partial charge in [-0.2, -0.15) is 0 Å². The molecule has 0 spiro atoms. The molecule has 3 N–H and O–H groups in total. The van der Waals surface area contributed by atoms with Gasteiger partial charge in [0.25, 0.3) is 0 Å². The number of amides is 1. The van der Waals surface area contributed by atoms with Crippen molar-refractivity contribution in [2.75, 3.05) is 6.61 Å². The van der Waals surface area contributed by atoms with Crippen molar-refractivity contribution in [3.63, 3.8) is 0 Å². The van der Waals surface area contributed by atoms with Crippen molar-refractivity contribution < 1.29 is 24.5 Å². The van der Waals surface area contributed by atoms with Crippen LogP contribution in [0.25, 0.3) is 0 Å². The Kier molecular flexibility index (Phi) is 38.3. The Morgan fingerprint density at radius 2 is 0.980 bits per heavy atom. The number of hydrogen-bond donors (Lipinski definition) is 3. The maximum atomic E-state index is 13.1. The van der Waals surface area contributed by atoms with Gasteiger partial charge in [0.15, 0.2) is 0 Å². The van der Waals surface area contributed by atoms with Crippen LogP contribution in [0, 0.1) is 0 Å². The van der Waals surface area contributed by atoms with E-state index in [4.69, 9.17) is 4.74 Å². The molecule has 0 aromatic rings. The molecule has 0 aromatic heterocycles. The van der Waals surface area contributed by atoms with Crippen LogP contribution in [0.15, 0.2) is 24.3 Å². The zero-order chi connectivity index (χ0) is 37.5. The Hall–Kier alpha value is -1.66. The number of hydrogen-bond acceptors (Lipinski definition) is 5. The first-order valence-corrected chi connectivity index (χ1v) is 22.1. The number of esters is 1. The predicted molar refractivity (Wildman–Crippen MR) is 218 cm³/mol. The van der Waals surface area contributed by atoms with Crippen LogP contribution in [0.3, 0.4) is 0 Å². The lowest BCUT2D eigenvalue weighted by molar-refractivity contribution is -0.151. The molecule has 3 atom stereocenters. The summed E-state index contributed by atoms with van der Waals surface area (Å²) < 4.78 is 5.87. The van der Waals surface area contributed by atoms with Crippen molar-refractivity contribution in [1.29, 1.82) is 0 Å². The predicted octanol–water partition coefficient (Wildman–Crippen LogP) is 12.4. The largest absolute Gasteiger partial charge is 0.462 e. The highest BCUT2D eigenvalue weighted by molar-refractivity contribution is 5.77. The van der Waals surface area contributed by atoms with E-state index in [9.17, 15) is 19.8 Å². The fraction of sp³-hybridized carbons (Fsp3) is 0.867. The molecular formula is C45H85NO5. The summed E-state index contributed by atoms with van der Waals surface area (Å²) in [5.41, 5.74) is 0. The van der Waals surface area contributed by atoms with Gasteiger partial charge in [-0.25, -0.2) is 0 Å². The minimum Gasteiger partial charge on any atom is -0.462 e. The summed E-state index contributed by atoms with van der Waals surface area (Å²) in [5, 5.41) is 23.6. The van der Waals surface area contributed by atoms with Gasteiger partial charge in [0.2, 0.25) is 5.91 Å². The number of nitrogens with one attached hydrogen (secondary N) is 1. The van der Waals surface area contributed by atoms with Crippen molar-refractivity contribution in [2.24, 2.45) is 0 Å². The molecule has 0 radical (unpaired) electrons. The first-order chi connectivity index (χ1) is 25.0. The molecule has 0 saturated heterocycles. The van der Waals surface area contributed by atoms with E-state index in [-0.39, 0.29) is 24.9 Å². The van der Waals surface area contributed by atoms with Crippen molar-refractivity contribution in [1.82, 2.24) is 5.32 Å². The summed E-state index contributed by atoms with van der Waals surface area (Å²) in [6.07, 6.45) is 42.3. The molecule has 6 nitrogen and oxygen atoms in total. The van der Waals surface area contributed by atoms with E-state index in [1.54, 1.807) is 0 Å².